The van der Waals surface area contributed by atoms with Crippen molar-refractivity contribution in [1.29, 1.82) is 0 Å². The van der Waals surface area contributed by atoms with Crippen LogP contribution in [-0.2, 0) is 16.1 Å². The highest BCUT2D eigenvalue weighted by molar-refractivity contribution is 5.92. The molecule has 1 N–H and O–H groups in total. The Morgan fingerprint density at radius 1 is 0.950 bits per heavy atom. The zero-order valence-corrected chi connectivity index (χ0v) is 22.8. The third-order valence-electron chi connectivity index (χ3n) is 5.85. The summed E-state index contributed by atoms with van der Waals surface area (Å²) in [6, 6.07) is 20.2. The molecule has 4 aromatic rings. The number of esters is 1. The number of rotatable bonds is 12. The van der Waals surface area contributed by atoms with Gasteiger partial charge in [0.1, 0.15) is 18.1 Å². The molecule has 0 fully saturated rings. The molecule has 0 aliphatic rings. The summed E-state index contributed by atoms with van der Waals surface area (Å²) in [6.07, 6.45) is 1.45. The van der Waals surface area contributed by atoms with E-state index in [-0.39, 0.29) is 25.6 Å². The lowest BCUT2D eigenvalue weighted by molar-refractivity contribution is -0.145. The van der Waals surface area contributed by atoms with E-state index in [1.165, 1.54) is 13.3 Å². The molecule has 40 heavy (non-hydrogen) atoms. The van der Waals surface area contributed by atoms with Crippen molar-refractivity contribution >= 4 is 18.1 Å². The maximum Gasteiger partial charge on any atom is 0.344 e. The van der Waals surface area contributed by atoms with E-state index in [1.54, 1.807) is 37.3 Å². The number of aromatic nitrogens is 1. The fraction of sp³-hybridized carbons (Fsp3) is 0.233. The van der Waals surface area contributed by atoms with E-state index >= 15 is 0 Å². The summed E-state index contributed by atoms with van der Waals surface area (Å²) < 4.78 is 29.2. The highest BCUT2D eigenvalue weighted by Crippen LogP contribution is 2.27. The van der Waals surface area contributed by atoms with Gasteiger partial charge in [0.05, 0.1) is 19.9 Å². The lowest BCUT2D eigenvalue weighted by atomic mass is 10.2. The van der Waals surface area contributed by atoms with Gasteiger partial charge in [-0.05, 0) is 93.1 Å². The molecule has 10 heteroatoms. The van der Waals surface area contributed by atoms with Gasteiger partial charge in [0, 0.05) is 17.1 Å². The summed E-state index contributed by atoms with van der Waals surface area (Å²) in [5.41, 5.74) is 6.45. The Hall–Kier alpha value is -4.99. The number of hydrazone groups is 1. The molecule has 2 aromatic carbocycles. The molecule has 0 unspecified atom stereocenters. The molecule has 0 aliphatic carbocycles. The molecule has 208 valence electrons. The topological polar surface area (TPSA) is 114 Å². The molecule has 2 heterocycles. The Bertz CT molecular complexity index is 1470. The molecule has 0 saturated carbocycles. The Morgan fingerprint density at radius 2 is 1.70 bits per heavy atom. The normalized spacial score (nSPS) is 10.9. The van der Waals surface area contributed by atoms with Crippen molar-refractivity contribution in [1.82, 2.24) is 9.99 Å². The van der Waals surface area contributed by atoms with E-state index in [1.807, 2.05) is 24.3 Å². The number of hydrogen-bond acceptors (Lipinski definition) is 8. The van der Waals surface area contributed by atoms with Crippen molar-refractivity contribution < 1.29 is 33.0 Å². The molecule has 2 aromatic heterocycles. The van der Waals surface area contributed by atoms with Crippen LogP contribution >= 0.6 is 0 Å². The molecule has 0 saturated heterocycles. The molecule has 0 radical (unpaired) electrons. The van der Waals surface area contributed by atoms with Crippen molar-refractivity contribution in [3.05, 3.63) is 95.2 Å². The minimum Gasteiger partial charge on any atom is -0.493 e. The van der Waals surface area contributed by atoms with Crippen LogP contribution in [0.4, 0.5) is 0 Å². The molecule has 0 spiro atoms. The monoisotopic (exact) mass is 545 g/mol. The van der Waals surface area contributed by atoms with Gasteiger partial charge in [0.25, 0.3) is 0 Å². The maximum absolute atomic E-state index is 12.5. The van der Waals surface area contributed by atoms with Gasteiger partial charge < -0.3 is 27.9 Å². The van der Waals surface area contributed by atoms with E-state index < -0.39 is 11.9 Å². The number of benzene rings is 2. The first-order chi connectivity index (χ1) is 19.4. The third kappa shape index (κ3) is 7.10. The predicted octanol–water partition coefficient (Wildman–Crippen LogP) is 4.98. The Balaban J connectivity index is 1.28. The summed E-state index contributed by atoms with van der Waals surface area (Å²) in [7, 11) is 1.48. The lowest BCUT2D eigenvalue weighted by Gasteiger charge is -2.10. The van der Waals surface area contributed by atoms with Gasteiger partial charge in [-0.25, -0.2) is 10.2 Å². The van der Waals surface area contributed by atoms with Gasteiger partial charge in [-0.2, -0.15) is 5.10 Å². The number of ether oxygens (including phenoxy) is 4. The summed E-state index contributed by atoms with van der Waals surface area (Å²) in [5, 5.41) is 3.98. The average molecular weight is 546 g/mol. The smallest absolute Gasteiger partial charge is 0.344 e. The van der Waals surface area contributed by atoms with Crippen LogP contribution in [0, 0.1) is 13.8 Å². The van der Waals surface area contributed by atoms with E-state index in [9.17, 15) is 9.59 Å². The molecule has 0 aliphatic heterocycles. The molecule has 0 atom stereocenters. The number of nitrogens with zero attached hydrogens (tertiary/aromatic N) is 2. The van der Waals surface area contributed by atoms with E-state index in [4.69, 9.17) is 23.4 Å². The maximum atomic E-state index is 12.5. The summed E-state index contributed by atoms with van der Waals surface area (Å²) in [4.78, 5) is 24.0. The number of carbonyl (C=O) groups is 2. The Kier molecular flexibility index (Phi) is 9.24. The van der Waals surface area contributed by atoms with Gasteiger partial charge in [0.15, 0.2) is 23.9 Å². The van der Waals surface area contributed by atoms with Crippen LogP contribution < -0.4 is 19.6 Å². The number of hydrogen-bond donors (Lipinski definition) is 1. The number of amides is 1. The zero-order chi connectivity index (χ0) is 28.5. The van der Waals surface area contributed by atoms with Crippen LogP contribution in [0.1, 0.15) is 40.2 Å². The minimum atomic E-state index is -0.509. The van der Waals surface area contributed by atoms with E-state index in [2.05, 4.69) is 41.1 Å². The molecular weight excluding hydrogens is 514 g/mol. The fourth-order valence-electron chi connectivity index (χ4n) is 3.94. The highest BCUT2D eigenvalue weighted by atomic mass is 16.6. The van der Waals surface area contributed by atoms with Crippen molar-refractivity contribution in [2.45, 2.75) is 27.4 Å². The number of furan rings is 1. The highest BCUT2D eigenvalue weighted by Gasteiger charge is 2.12. The second-order valence-electron chi connectivity index (χ2n) is 8.70. The van der Waals surface area contributed by atoms with Gasteiger partial charge in [-0.15, -0.1) is 0 Å². The molecule has 1 amide bonds. The second-order valence-corrected chi connectivity index (χ2v) is 8.70. The molecular formula is C30H31N3O7. The van der Waals surface area contributed by atoms with E-state index in [0.29, 0.717) is 28.6 Å². The lowest BCUT2D eigenvalue weighted by Crippen LogP contribution is -2.16. The summed E-state index contributed by atoms with van der Waals surface area (Å²) in [6.45, 7) is 6.06. The largest absolute Gasteiger partial charge is 0.493 e. The third-order valence-corrected chi connectivity index (χ3v) is 5.85. The fourth-order valence-corrected chi connectivity index (χ4v) is 3.94. The predicted molar refractivity (Wildman–Crippen MR) is 148 cm³/mol. The molecule has 4 rings (SSSR count). The summed E-state index contributed by atoms with van der Waals surface area (Å²) in [5.74, 6) is 1.09. The van der Waals surface area contributed by atoms with Crippen LogP contribution in [0.5, 0.6) is 17.2 Å². The SMILES string of the molecule is CCOC(=O)COc1ccc(/C=N/NC(=O)c2ccc(COc3ccc(-n4c(C)ccc4C)cc3)o2)cc1OC. The van der Waals surface area contributed by atoms with Gasteiger partial charge >= 0.3 is 11.9 Å². The van der Waals surface area contributed by atoms with Crippen molar-refractivity contribution in [3.63, 3.8) is 0 Å². The van der Waals surface area contributed by atoms with Crippen LogP contribution in [0.3, 0.4) is 0 Å². The van der Waals surface area contributed by atoms with E-state index in [0.717, 1.165) is 17.1 Å². The number of methoxy groups -OCH3 is 1. The Morgan fingerprint density at radius 3 is 2.40 bits per heavy atom. The zero-order valence-electron chi connectivity index (χ0n) is 22.8. The molecule has 10 nitrogen and oxygen atoms in total. The molecule has 0 bridgehead atoms. The quantitative estimate of drug-likeness (QED) is 0.152. The van der Waals surface area contributed by atoms with Gasteiger partial charge in [-0.1, -0.05) is 0 Å². The first-order valence-corrected chi connectivity index (χ1v) is 12.6. The van der Waals surface area contributed by atoms with Crippen LogP contribution in [0.15, 0.2) is 76.2 Å². The van der Waals surface area contributed by atoms with Crippen molar-refractivity contribution in [2.24, 2.45) is 5.10 Å². The number of aryl methyl sites for hydroxylation is 2. The number of nitrogens with one attached hydrogen (secondary N) is 1. The first kappa shape index (κ1) is 28.0. The number of carbonyl (C=O) groups excluding carboxylic acids is 2. The Labute approximate surface area is 232 Å². The van der Waals surface area contributed by atoms with Crippen LogP contribution in [0.25, 0.3) is 5.69 Å². The van der Waals surface area contributed by atoms with Crippen LogP contribution in [-0.4, -0.2) is 43.0 Å². The van der Waals surface area contributed by atoms with Gasteiger partial charge in [0.2, 0.25) is 0 Å². The van der Waals surface area contributed by atoms with Gasteiger partial charge in [-0.3, -0.25) is 4.79 Å². The first-order valence-electron chi connectivity index (χ1n) is 12.6. The summed E-state index contributed by atoms with van der Waals surface area (Å²) >= 11 is 0. The average Bonchev–Trinajstić information content (AvgIpc) is 3.57. The van der Waals surface area contributed by atoms with Crippen molar-refractivity contribution in [3.8, 4) is 22.9 Å². The second kappa shape index (κ2) is 13.2. The minimum absolute atomic E-state index is 0.102. The standard InChI is InChI=1S/C30H31N3O7/c1-5-37-29(34)19-39-26-14-8-22(16-28(26)36-4)17-31-32-30(35)27-15-13-25(40-27)18-38-24-11-9-23(10-12-24)33-20(2)6-7-21(33)3/h6-17H,5,18-19H2,1-4H3,(H,32,35)/b31-17+. The van der Waals surface area contributed by atoms with Crippen LogP contribution in [0.2, 0.25) is 0 Å². The van der Waals surface area contributed by atoms with Crippen molar-refractivity contribution in [2.75, 3.05) is 20.3 Å².